The molecule has 0 unspecified atom stereocenters. The highest BCUT2D eigenvalue weighted by atomic mass is 32.1. The molecule has 1 saturated heterocycles. The van der Waals surface area contributed by atoms with Gasteiger partial charge in [-0.15, -0.1) is 11.3 Å². The van der Waals surface area contributed by atoms with Gasteiger partial charge < -0.3 is 19.2 Å². The lowest BCUT2D eigenvalue weighted by atomic mass is 9.95. The summed E-state index contributed by atoms with van der Waals surface area (Å²) in [5, 5.41) is 11.8. The van der Waals surface area contributed by atoms with Gasteiger partial charge in [-0.05, 0) is 43.4 Å². The van der Waals surface area contributed by atoms with Crippen LogP contribution < -0.4 is 9.54 Å². The summed E-state index contributed by atoms with van der Waals surface area (Å²) in [7, 11) is 0. The predicted molar refractivity (Wildman–Crippen MR) is 122 cm³/mol. The molecule has 1 N–H and O–H groups in total. The zero-order valence-corrected chi connectivity index (χ0v) is 20.3. The van der Waals surface area contributed by atoms with Crippen LogP contribution in [0, 0.1) is 0 Å². The van der Waals surface area contributed by atoms with Crippen LogP contribution in [0.2, 0.25) is 0 Å². The van der Waals surface area contributed by atoms with Crippen molar-refractivity contribution < 1.29 is 32.6 Å². The second-order valence-electron chi connectivity index (χ2n) is 9.16. The van der Waals surface area contributed by atoms with Crippen LogP contribution in [0.3, 0.4) is 0 Å². The van der Waals surface area contributed by atoms with Gasteiger partial charge in [-0.25, -0.2) is 0 Å². The van der Waals surface area contributed by atoms with Crippen LogP contribution in [0.25, 0.3) is 0 Å². The molecular weight excluding hydrogens is 471 g/mol. The van der Waals surface area contributed by atoms with Gasteiger partial charge in [0.25, 0.3) is 5.91 Å². The zero-order chi connectivity index (χ0) is 25.1. The molecule has 0 aliphatic carbocycles. The van der Waals surface area contributed by atoms with E-state index < -0.39 is 17.6 Å². The Bertz CT molecular complexity index is 1120. The van der Waals surface area contributed by atoms with Gasteiger partial charge in [-0.3, -0.25) is 4.79 Å². The topological polar surface area (TPSA) is 85.4 Å². The van der Waals surface area contributed by atoms with E-state index in [1.807, 2.05) is 31.5 Å². The number of thiazole rings is 1. The van der Waals surface area contributed by atoms with E-state index in [0.717, 1.165) is 35.9 Å². The molecule has 2 heterocycles. The Hall–Kier alpha value is -2.66. The second kappa shape index (κ2) is 10.3. The lowest BCUT2D eigenvalue weighted by Gasteiger charge is -2.15. The molecule has 1 aliphatic heterocycles. The molecule has 34 heavy (non-hydrogen) atoms. The highest BCUT2D eigenvalue weighted by molar-refractivity contribution is 7.09. The van der Waals surface area contributed by atoms with Gasteiger partial charge in [0, 0.05) is 17.7 Å². The summed E-state index contributed by atoms with van der Waals surface area (Å²) in [4.78, 5) is 18.7. The number of rotatable bonds is 6. The summed E-state index contributed by atoms with van der Waals surface area (Å²) in [5.74, 6) is -0.939. The molecule has 1 aromatic carbocycles. The lowest BCUT2D eigenvalue weighted by Crippen LogP contribution is -2.23. The van der Waals surface area contributed by atoms with Crippen molar-refractivity contribution in [3.8, 4) is 5.75 Å². The quantitative estimate of drug-likeness (QED) is 0.344. The molecule has 0 saturated carbocycles. The molecule has 1 atom stereocenters. The summed E-state index contributed by atoms with van der Waals surface area (Å²) >= 11 is 1.31. The van der Waals surface area contributed by atoms with Gasteiger partial charge >= 0.3 is 6.18 Å². The van der Waals surface area contributed by atoms with Crippen LogP contribution in [0.4, 0.5) is 13.2 Å². The molecule has 1 amide bonds. The third kappa shape index (κ3) is 6.47. The number of hydrogen-bond donors (Lipinski definition) is 1. The van der Waals surface area contributed by atoms with E-state index in [9.17, 15) is 18.0 Å². The summed E-state index contributed by atoms with van der Waals surface area (Å²) in [6, 6.07) is 2.64. The summed E-state index contributed by atoms with van der Waals surface area (Å²) in [5.41, 5.74) is -1.32. The van der Waals surface area contributed by atoms with Crippen LogP contribution in [0.1, 0.15) is 61.3 Å². The van der Waals surface area contributed by atoms with Crippen LogP contribution in [0.15, 0.2) is 34.5 Å². The Kier molecular flexibility index (Phi) is 7.87. The number of nitrogens with zero attached hydrogens (tertiary/aromatic N) is 3. The van der Waals surface area contributed by atoms with Crippen molar-refractivity contribution in [3.63, 3.8) is 0 Å². The number of ether oxygens (including phenoxy) is 2. The number of benzene rings is 1. The van der Waals surface area contributed by atoms with E-state index in [0.29, 0.717) is 18.0 Å². The van der Waals surface area contributed by atoms with E-state index in [1.54, 1.807) is 0 Å². The summed E-state index contributed by atoms with van der Waals surface area (Å²) in [6.07, 6.45) is -0.890. The molecule has 1 fully saturated rings. The minimum absolute atomic E-state index is 0.00957. The first kappa shape index (κ1) is 26.0. The van der Waals surface area contributed by atoms with Crippen molar-refractivity contribution in [2.75, 3.05) is 13.2 Å². The fraction of sp³-hybridized carbons (Fsp3) is 0.522. The minimum atomic E-state index is -4.64. The molecule has 3 rings (SSSR count). The zero-order valence-electron chi connectivity index (χ0n) is 19.5. The van der Waals surface area contributed by atoms with Crippen molar-refractivity contribution in [2.45, 2.75) is 64.8 Å². The highest BCUT2D eigenvalue weighted by Gasteiger charge is 2.32. The standard InChI is InChI=1S/C23H28F3N3O4S/c1-14(28-31)13-33-18-8-7-15(23(24,25)26)10-17(18)20(30)27-21-29(11-16-6-5-9-32-16)12-19(34-21)22(2,3)4/h7-8,10,12,16,31H,5-6,9,11,13H2,1-4H3/b27-21-,28-14?/t16-/m1/s1. The maximum absolute atomic E-state index is 13.3. The minimum Gasteiger partial charge on any atom is -0.487 e. The third-order valence-electron chi connectivity index (χ3n) is 5.23. The first-order valence-corrected chi connectivity index (χ1v) is 11.6. The van der Waals surface area contributed by atoms with Crippen LogP contribution in [0.5, 0.6) is 5.75 Å². The average molecular weight is 500 g/mol. The first-order chi connectivity index (χ1) is 15.9. The second-order valence-corrected chi connectivity index (χ2v) is 10.2. The van der Waals surface area contributed by atoms with Crippen LogP contribution >= 0.6 is 11.3 Å². The molecule has 0 radical (unpaired) electrons. The lowest BCUT2D eigenvalue weighted by molar-refractivity contribution is -0.137. The predicted octanol–water partition coefficient (Wildman–Crippen LogP) is 5.01. The Balaban J connectivity index is 2.05. The van der Waals surface area contributed by atoms with E-state index in [1.165, 1.54) is 18.3 Å². The van der Waals surface area contributed by atoms with Crippen LogP contribution in [-0.4, -0.2) is 40.7 Å². The average Bonchev–Trinajstić information content (AvgIpc) is 3.41. The van der Waals surface area contributed by atoms with E-state index in [2.05, 4.69) is 10.1 Å². The number of hydrogen-bond acceptors (Lipinski definition) is 6. The van der Waals surface area contributed by atoms with E-state index in [4.69, 9.17) is 14.7 Å². The Morgan fingerprint density at radius 1 is 1.32 bits per heavy atom. The molecular formula is C23H28F3N3O4S. The van der Waals surface area contributed by atoms with Crippen molar-refractivity contribution in [1.29, 1.82) is 0 Å². The maximum Gasteiger partial charge on any atom is 0.416 e. The van der Waals surface area contributed by atoms with Gasteiger partial charge in [-0.2, -0.15) is 18.2 Å². The summed E-state index contributed by atoms with van der Waals surface area (Å²) in [6.45, 7) is 8.54. The van der Waals surface area contributed by atoms with Crippen molar-refractivity contribution in [1.82, 2.24) is 4.57 Å². The highest BCUT2D eigenvalue weighted by Crippen LogP contribution is 2.33. The Labute approximate surface area is 199 Å². The fourth-order valence-corrected chi connectivity index (χ4v) is 4.37. The fourth-order valence-electron chi connectivity index (χ4n) is 3.31. The molecule has 1 aliphatic rings. The molecule has 1 aromatic heterocycles. The molecule has 11 heteroatoms. The summed E-state index contributed by atoms with van der Waals surface area (Å²) < 4.78 is 53.0. The SMILES string of the molecule is CC(COc1ccc(C(F)(F)F)cc1C(=O)/N=c1\sc(C(C)(C)C)cn1C[C@H]1CCCO1)=NO. The van der Waals surface area contributed by atoms with Gasteiger partial charge in [0.1, 0.15) is 12.4 Å². The van der Waals surface area contributed by atoms with E-state index >= 15 is 0 Å². The van der Waals surface area contributed by atoms with Crippen molar-refractivity contribution >= 4 is 23.0 Å². The smallest absolute Gasteiger partial charge is 0.416 e. The maximum atomic E-state index is 13.3. The number of carbonyl (C=O) groups excluding carboxylic acids is 1. The van der Waals surface area contributed by atoms with Gasteiger partial charge in [0.15, 0.2) is 4.80 Å². The Morgan fingerprint density at radius 2 is 2.06 bits per heavy atom. The van der Waals surface area contributed by atoms with Gasteiger partial charge in [-0.1, -0.05) is 25.9 Å². The molecule has 186 valence electrons. The molecule has 0 bridgehead atoms. The van der Waals surface area contributed by atoms with E-state index in [-0.39, 0.29) is 35.2 Å². The Morgan fingerprint density at radius 3 is 2.65 bits per heavy atom. The number of halogens is 3. The number of aromatic nitrogens is 1. The first-order valence-electron chi connectivity index (χ1n) is 10.8. The molecule has 2 aromatic rings. The molecule has 7 nitrogen and oxygen atoms in total. The third-order valence-corrected chi connectivity index (χ3v) is 6.67. The largest absolute Gasteiger partial charge is 0.487 e. The van der Waals surface area contributed by atoms with Crippen molar-refractivity contribution in [2.24, 2.45) is 10.1 Å². The number of oxime groups is 1. The number of carbonyl (C=O) groups is 1. The molecule has 0 spiro atoms. The van der Waals surface area contributed by atoms with Crippen molar-refractivity contribution in [3.05, 3.63) is 45.2 Å². The normalized spacial score (nSPS) is 17.9. The number of amides is 1. The van der Waals surface area contributed by atoms with Crippen LogP contribution in [-0.2, 0) is 22.9 Å². The van der Waals surface area contributed by atoms with Gasteiger partial charge in [0.05, 0.1) is 29.5 Å². The monoisotopic (exact) mass is 499 g/mol. The van der Waals surface area contributed by atoms with Gasteiger partial charge in [0.2, 0.25) is 0 Å². The number of alkyl halides is 3.